The molecule has 0 saturated carbocycles. The molecule has 3 heterocycles. The number of esters is 1. The Bertz CT molecular complexity index is 172. The molecule has 3 fully saturated rings. The zero-order valence-electron chi connectivity index (χ0n) is 9.00. The van der Waals surface area contributed by atoms with Gasteiger partial charge in [0.15, 0.2) is 0 Å². The van der Waals surface area contributed by atoms with E-state index in [1.165, 1.54) is 5.57 Å². The highest BCUT2D eigenvalue weighted by atomic mass is 16.6. The van der Waals surface area contributed by atoms with Crippen molar-refractivity contribution in [3.63, 3.8) is 0 Å². The van der Waals surface area contributed by atoms with Gasteiger partial charge in [-0.05, 0) is 18.4 Å². The summed E-state index contributed by atoms with van der Waals surface area (Å²) in [5.74, 6) is -0.0463. The lowest BCUT2D eigenvalue weighted by atomic mass is 10.3. The molecule has 3 aliphatic heterocycles. The largest absolute Gasteiger partial charge is 0.466 e. The van der Waals surface area contributed by atoms with Crippen molar-refractivity contribution in [2.24, 2.45) is 0 Å². The van der Waals surface area contributed by atoms with Gasteiger partial charge < -0.3 is 14.2 Å². The Kier molecular flexibility index (Phi) is 6.04. The van der Waals surface area contributed by atoms with E-state index in [2.05, 4.69) is 16.1 Å². The number of ether oxygens (including phenoxy) is 3. The minimum atomic E-state index is -0.0463. The number of cyclic esters (lactones) is 1. The number of carbonyl (C=O) groups is 1. The molecule has 0 atom stereocenters. The molecular weight excluding hydrogens is 196 g/mol. The first-order valence-electron chi connectivity index (χ1n) is 5.27. The van der Waals surface area contributed by atoms with Crippen molar-refractivity contribution in [3.8, 4) is 0 Å². The normalized spacial score (nSPS) is 22.1. The summed E-state index contributed by atoms with van der Waals surface area (Å²) in [5.41, 5.74) is 1.23. The Labute approximate surface area is 90.2 Å². The van der Waals surface area contributed by atoms with Crippen LogP contribution in [-0.4, -0.2) is 39.0 Å². The SMILES string of the molecule is C1CO1.C=C1CCOC1.O=C1CCCO1. The predicted octanol–water partition coefficient (Wildman–Crippen LogP) is 1.30. The second-order valence-electron chi connectivity index (χ2n) is 3.49. The van der Waals surface area contributed by atoms with Gasteiger partial charge >= 0.3 is 5.97 Å². The third-order valence-corrected chi connectivity index (χ3v) is 1.90. The molecule has 0 aliphatic carbocycles. The predicted molar refractivity (Wildman–Crippen MR) is 55.6 cm³/mol. The van der Waals surface area contributed by atoms with E-state index in [1.54, 1.807) is 0 Å². The summed E-state index contributed by atoms with van der Waals surface area (Å²) in [6.07, 6.45) is 2.61. The lowest BCUT2D eigenvalue weighted by Gasteiger charge is -1.81. The second kappa shape index (κ2) is 7.43. The van der Waals surface area contributed by atoms with E-state index >= 15 is 0 Å². The summed E-state index contributed by atoms with van der Waals surface area (Å²) in [6, 6.07) is 0. The smallest absolute Gasteiger partial charge is 0.305 e. The van der Waals surface area contributed by atoms with Crippen molar-refractivity contribution >= 4 is 5.97 Å². The van der Waals surface area contributed by atoms with E-state index in [0.29, 0.717) is 13.0 Å². The van der Waals surface area contributed by atoms with Crippen LogP contribution < -0.4 is 0 Å². The van der Waals surface area contributed by atoms with E-state index in [1.807, 2.05) is 0 Å². The first kappa shape index (κ1) is 12.2. The lowest BCUT2D eigenvalue weighted by molar-refractivity contribution is -0.137. The topological polar surface area (TPSA) is 48.1 Å². The molecule has 4 heteroatoms. The van der Waals surface area contributed by atoms with Gasteiger partial charge in [0.1, 0.15) is 0 Å². The molecule has 0 unspecified atom stereocenters. The standard InChI is InChI=1S/C5H8O.C4H6O2.C2H4O/c1-5-2-3-6-4-5;5-4-2-1-3-6-4;1-2-3-1/h1-4H2;1-3H2;1-2H2. The van der Waals surface area contributed by atoms with Crippen LogP contribution in [0.25, 0.3) is 0 Å². The third-order valence-electron chi connectivity index (χ3n) is 1.90. The fraction of sp³-hybridized carbons (Fsp3) is 0.727. The van der Waals surface area contributed by atoms with Crippen LogP contribution in [-0.2, 0) is 19.0 Å². The van der Waals surface area contributed by atoms with Crippen molar-refractivity contribution in [1.82, 2.24) is 0 Å². The fourth-order valence-corrected chi connectivity index (χ4v) is 0.980. The molecule has 3 rings (SSSR count). The maximum atomic E-state index is 10.0. The summed E-state index contributed by atoms with van der Waals surface area (Å²) in [5, 5.41) is 0. The van der Waals surface area contributed by atoms with Gasteiger partial charge in [-0.3, -0.25) is 4.79 Å². The van der Waals surface area contributed by atoms with Gasteiger partial charge in [-0.2, -0.15) is 0 Å². The van der Waals surface area contributed by atoms with E-state index in [9.17, 15) is 4.79 Å². The second-order valence-corrected chi connectivity index (χ2v) is 3.49. The Morgan fingerprint density at radius 3 is 1.87 bits per heavy atom. The van der Waals surface area contributed by atoms with Crippen LogP contribution in [0.5, 0.6) is 0 Å². The highest BCUT2D eigenvalue weighted by molar-refractivity contribution is 5.70. The summed E-state index contributed by atoms with van der Waals surface area (Å²) < 4.78 is 14.0. The molecule has 0 aromatic rings. The molecule has 0 aromatic carbocycles. The minimum absolute atomic E-state index is 0.0463. The summed E-state index contributed by atoms with van der Waals surface area (Å²) in [7, 11) is 0. The van der Waals surface area contributed by atoms with Crippen molar-refractivity contribution in [1.29, 1.82) is 0 Å². The Balaban J connectivity index is 0.000000119. The molecule has 0 N–H and O–H groups in total. The van der Waals surface area contributed by atoms with Crippen molar-refractivity contribution in [2.45, 2.75) is 19.3 Å². The zero-order valence-corrected chi connectivity index (χ0v) is 9.00. The number of rotatable bonds is 0. The quantitative estimate of drug-likeness (QED) is 0.346. The number of epoxide rings is 1. The van der Waals surface area contributed by atoms with Crippen molar-refractivity contribution in [2.75, 3.05) is 33.0 Å². The molecule has 3 aliphatic rings. The van der Waals surface area contributed by atoms with Gasteiger partial charge in [-0.25, -0.2) is 0 Å². The third kappa shape index (κ3) is 8.15. The van der Waals surface area contributed by atoms with Crippen LogP contribution in [0.4, 0.5) is 0 Å². The molecule has 0 radical (unpaired) electrons. The molecule has 0 aromatic heterocycles. The Morgan fingerprint density at radius 2 is 1.73 bits per heavy atom. The van der Waals surface area contributed by atoms with Gasteiger partial charge in [-0.1, -0.05) is 6.58 Å². The number of carbonyl (C=O) groups excluding carboxylic acids is 1. The molecular formula is C11H18O4. The average molecular weight is 214 g/mol. The maximum Gasteiger partial charge on any atom is 0.305 e. The van der Waals surface area contributed by atoms with Gasteiger partial charge in [-0.15, -0.1) is 0 Å². The summed E-state index contributed by atoms with van der Waals surface area (Å²) in [6.45, 7) is 8.05. The monoisotopic (exact) mass is 214 g/mol. The molecule has 0 bridgehead atoms. The van der Waals surface area contributed by atoms with Crippen LogP contribution in [0.15, 0.2) is 12.2 Å². The zero-order chi connectivity index (χ0) is 10.9. The fourth-order valence-electron chi connectivity index (χ4n) is 0.980. The number of hydrogen-bond acceptors (Lipinski definition) is 4. The summed E-state index contributed by atoms with van der Waals surface area (Å²) in [4.78, 5) is 10.0. The molecule has 4 nitrogen and oxygen atoms in total. The molecule has 15 heavy (non-hydrogen) atoms. The molecule has 86 valence electrons. The highest BCUT2D eigenvalue weighted by Gasteiger charge is 2.08. The maximum absolute atomic E-state index is 10.0. The summed E-state index contributed by atoms with van der Waals surface area (Å²) >= 11 is 0. The number of hydrogen-bond donors (Lipinski definition) is 0. The van der Waals surface area contributed by atoms with Gasteiger partial charge in [0, 0.05) is 6.42 Å². The van der Waals surface area contributed by atoms with Crippen LogP contribution in [0.2, 0.25) is 0 Å². The van der Waals surface area contributed by atoms with E-state index in [0.717, 1.165) is 39.3 Å². The van der Waals surface area contributed by atoms with Crippen LogP contribution in [0.3, 0.4) is 0 Å². The first-order valence-corrected chi connectivity index (χ1v) is 5.27. The highest BCUT2D eigenvalue weighted by Crippen LogP contribution is 2.05. The first-order chi connectivity index (χ1) is 7.29. The van der Waals surface area contributed by atoms with Crippen LogP contribution in [0, 0.1) is 0 Å². The van der Waals surface area contributed by atoms with E-state index in [4.69, 9.17) is 4.74 Å². The van der Waals surface area contributed by atoms with Gasteiger partial charge in [0.25, 0.3) is 0 Å². The average Bonchev–Trinajstić information content (AvgIpc) is 2.92. The lowest BCUT2D eigenvalue weighted by Crippen LogP contribution is -1.88. The Morgan fingerprint density at radius 1 is 1.00 bits per heavy atom. The molecule has 0 amide bonds. The Hall–Kier alpha value is -0.870. The van der Waals surface area contributed by atoms with Crippen molar-refractivity contribution < 1.29 is 19.0 Å². The minimum Gasteiger partial charge on any atom is -0.466 e. The van der Waals surface area contributed by atoms with E-state index in [-0.39, 0.29) is 5.97 Å². The van der Waals surface area contributed by atoms with Gasteiger partial charge in [0.2, 0.25) is 0 Å². The molecule has 3 saturated heterocycles. The van der Waals surface area contributed by atoms with Crippen LogP contribution >= 0.6 is 0 Å². The van der Waals surface area contributed by atoms with Crippen LogP contribution in [0.1, 0.15) is 19.3 Å². The molecule has 0 spiro atoms. The van der Waals surface area contributed by atoms with Crippen molar-refractivity contribution in [3.05, 3.63) is 12.2 Å². The van der Waals surface area contributed by atoms with Gasteiger partial charge in [0.05, 0.1) is 33.0 Å². The van der Waals surface area contributed by atoms with E-state index < -0.39 is 0 Å².